The third kappa shape index (κ3) is 4.41. The number of hydrogen-bond acceptors (Lipinski definition) is 8. The van der Waals surface area contributed by atoms with Gasteiger partial charge >= 0.3 is 5.97 Å². The SMILES string of the molecule is C=C[C@]1(C)C[C@@H](OC(=O)CSc2nc(-c3ccncc3)cs2)[C@]2(C)[C@H](C)CC[C@]3(CCC4OC4[C@H]32)[C@@H](C)[C@@H]1O. The van der Waals surface area contributed by atoms with Crippen molar-refractivity contribution < 1.29 is 19.4 Å². The number of fused-ring (bicyclic) bond motifs is 1. The predicted octanol–water partition coefficient (Wildman–Crippen LogP) is 6.40. The van der Waals surface area contributed by atoms with Crippen molar-refractivity contribution in [1.29, 1.82) is 0 Å². The van der Waals surface area contributed by atoms with E-state index in [1.54, 1.807) is 12.4 Å². The molecule has 4 aliphatic rings. The molecule has 0 amide bonds. The summed E-state index contributed by atoms with van der Waals surface area (Å²) in [6.07, 6.45) is 9.89. The topological polar surface area (TPSA) is 84.8 Å². The molecule has 0 radical (unpaired) electrons. The molecule has 2 unspecified atom stereocenters. The van der Waals surface area contributed by atoms with Crippen LogP contribution in [0.4, 0.5) is 0 Å². The van der Waals surface area contributed by atoms with E-state index in [-0.39, 0.29) is 46.6 Å². The van der Waals surface area contributed by atoms with Crippen LogP contribution >= 0.6 is 23.1 Å². The zero-order chi connectivity index (χ0) is 27.6. The number of thioether (sulfide) groups is 1. The van der Waals surface area contributed by atoms with Crippen LogP contribution in [0, 0.1) is 34.0 Å². The second kappa shape index (κ2) is 9.97. The summed E-state index contributed by atoms with van der Waals surface area (Å²) in [5.74, 6) is 0.733. The van der Waals surface area contributed by atoms with Crippen LogP contribution in [0.1, 0.15) is 59.8 Å². The van der Waals surface area contributed by atoms with Crippen molar-refractivity contribution in [3.8, 4) is 11.3 Å². The molecule has 2 aromatic heterocycles. The van der Waals surface area contributed by atoms with Gasteiger partial charge in [0, 0.05) is 40.1 Å². The van der Waals surface area contributed by atoms with E-state index < -0.39 is 11.5 Å². The van der Waals surface area contributed by atoms with Crippen LogP contribution in [0.3, 0.4) is 0 Å². The van der Waals surface area contributed by atoms with E-state index in [1.165, 1.54) is 23.1 Å². The lowest BCUT2D eigenvalue weighted by Gasteiger charge is -2.65. The highest BCUT2D eigenvalue weighted by atomic mass is 32.2. The molecule has 6 nitrogen and oxygen atoms in total. The maximum absolute atomic E-state index is 13.5. The molecule has 0 aromatic carbocycles. The van der Waals surface area contributed by atoms with Gasteiger partial charge in [0.05, 0.1) is 29.8 Å². The monoisotopic (exact) mass is 568 g/mol. The Kier molecular flexibility index (Phi) is 7.01. The molecule has 10 atom stereocenters. The number of epoxide rings is 1. The predicted molar refractivity (Wildman–Crippen MR) is 154 cm³/mol. The zero-order valence-electron chi connectivity index (χ0n) is 23.3. The zero-order valence-corrected chi connectivity index (χ0v) is 25.0. The summed E-state index contributed by atoms with van der Waals surface area (Å²) in [6, 6.07) is 3.87. The van der Waals surface area contributed by atoms with E-state index in [9.17, 15) is 9.90 Å². The van der Waals surface area contributed by atoms with Gasteiger partial charge in [-0.3, -0.25) is 9.78 Å². The van der Waals surface area contributed by atoms with Gasteiger partial charge in [0.25, 0.3) is 0 Å². The van der Waals surface area contributed by atoms with Gasteiger partial charge in [-0.2, -0.15) is 0 Å². The van der Waals surface area contributed by atoms with Gasteiger partial charge in [-0.05, 0) is 61.5 Å². The summed E-state index contributed by atoms with van der Waals surface area (Å²) >= 11 is 2.96. The van der Waals surface area contributed by atoms with Crippen molar-refractivity contribution in [1.82, 2.24) is 9.97 Å². The molecule has 39 heavy (non-hydrogen) atoms. The quantitative estimate of drug-likeness (QED) is 0.187. The van der Waals surface area contributed by atoms with Crippen molar-refractivity contribution in [2.75, 3.05) is 5.75 Å². The van der Waals surface area contributed by atoms with Crippen LogP contribution in [0.25, 0.3) is 11.3 Å². The van der Waals surface area contributed by atoms with Gasteiger partial charge in [-0.25, -0.2) is 4.98 Å². The first-order chi connectivity index (χ1) is 18.6. The van der Waals surface area contributed by atoms with Crippen molar-refractivity contribution in [2.24, 2.45) is 34.0 Å². The molecule has 210 valence electrons. The lowest BCUT2D eigenvalue weighted by Crippen LogP contribution is -2.65. The molecule has 1 saturated heterocycles. The minimum atomic E-state index is -0.553. The highest BCUT2D eigenvalue weighted by molar-refractivity contribution is 8.01. The van der Waals surface area contributed by atoms with Gasteiger partial charge in [0.1, 0.15) is 6.10 Å². The molecular weight excluding hydrogens is 528 g/mol. The number of ether oxygens (including phenoxy) is 2. The van der Waals surface area contributed by atoms with E-state index in [2.05, 4.69) is 39.3 Å². The maximum Gasteiger partial charge on any atom is 0.316 e. The summed E-state index contributed by atoms with van der Waals surface area (Å²) in [5.41, 5.74) is 1.08. The third-order valence-corrected chi connectivity index (χ3v) is 13.1. The Bertz CT molecular complexity index is 1240. The summed E-state index contributed by atoms with van der Waals surface area (Å²) in [5, 5.41) is 13.8. The van der Waals surface area contributed by atoms with Gasteiger partial charge < -0.3 is 14.6 Å². The van der Waals surface area contributed by atoms with Gasteiger partial charge in [0.15, 0.2) is 4.34 Å². The van der Waals surface area contributed by atoms with Crippen LogP contribution in [-0.2, 0) is 14.3 Å². The molecule has 1 aliphatic heterocycles. The first kappa shape index (κ1) is 27.4. The van der Waals surface area contributed by atoms with Crippen molar-refractivity contribution >= 4 is 29.1 Å². The number of hydrogen-bond donors (Lipinski definition) is 1. The van der Waals surface area contributed by atoms with Crippen LogP contribution in [-0.4, -0.2) is 51.2 Å². The molecule has 3 aliphatic carbocycles. The molecule has 4 fully saturated rings. The smallest absolute Gasteiger partial charge is 0.316 e. The Labute approximate surface area is 240 Å². The molecule has 2 aromatic rings. The Morgan fingerprint density at radius 2 is 2.03 bits per heavy atom. The van der Waals surface area contributed by atoms with E-state index in [4.69, 9.17) is 14.5 Å². The number of nitrogens with zero attached hydrogens (tertiary/aromatic N) is 2. The average Bonchev–Trinajstić information content (AvgIpc) is 3.58. The van der Waals surface area contributed by atoms with E-state index in [0.29, 0.717) is 18.4 Å². The van der Waals surface area contributed by atoms with E-state index in [1.807, 2.05) is 23.6 Å². The molecule has 0 spiro atoms. The average molecular weight is 569 g/mol. The highest BCUT2D eigenvalue weighted by Crippen LogP contribution is 2.70. The molecule has 1 N–H and O–H groups in total. The summed E-state index contributed by atoms with van der Waals surface area (Å²) in [4.78, 5) is 22.3. The second-order valence-electron chi connectivity index (χ2n) is 12.8. The number of rotatable bonds is 6. The normalized spacial score (nSPS) is 42.8. The first-order valence-corrected chi connectivity index (χ1v) is 16.1. The minimum Gasteiger partial charge on any atom is -0.461 e. The fourth-order valence-electron chi connectivity index (χ4n) is 8.48. The fraction of sp³-hybridized carbons (Fsp3) is 0.645. The number of aromatic nitrogens is 2. The summed E-state index contributed by atoms with van der Waals surface area (Å²) < 4.78 is 13.6. The van der Waals surface area contributed by atoms with Crippen LogP contribution in [0.5, 0.6) is 0 Å². The molecule has 3 saturated carbocycles. The van der Waals surface area contributed by atoms with Gasteiger partial charge in [-0.15, -0.1) is 17.9 Å². The van der Waals surface area contributed by atoms with E-state index in [0.717, 1.165) is 41.3 Å². The van der Waals surface area contributed by atoms with Crippen LogP contribution in [0.2, 0.25) is 0 Å². The third-order valence-electron chi connectivity index (χ3n) is 11.1. The summed E-state index contributed by atoms with van der Waals surface area (Å²) in [6.45, 7) is 13.2. The largest absolute Gasteiger partial charge is 0.461 e. The number of aliphatic hydroxyl groups excluding tert-OH is 1. The first-order valence-electron chi connectivity index (χ1n) is 14.3. The van der Waals surface area contributed by atoms with Gasteiger partial charge in [-0.1, -0.05) is 45.5 Å². The number of carbonyl (C=O) groups excluding carboxylic acids is 1. The van der Waals surface area contributed by atoms with Crippen LogP contribution in [0.15, 0.2) is 46.9 Å². The Morgan fingerprint density at radius 1 is 1.28 bits per heavy atom. The highest BCUT2D eigenvalue weighted by Gasteiger charge is 2.71. The van der Waals surface area contributed by atoms with E-state index >= 15 is 0 Å². The molecule has 2 bridgehead atoms. The second-order valence-corrected chi connectivity index (χ2v) is 14.9. The molecule has 6 rings (SSSR count). The van der Waals surface area contributed by atoms with Crippen molar-refractivity contribution in [2.45, 2.75) is 88.6 Å². The standard InChI is InChI=1S/C31H40N2O4S2/c1-6-29(4)15-23(37-24(34)17-39-28-33-21(16-38-28)20-9-13-32-14-10-20)30(5)18(2)7-11-31(19(3)27(29)35)12-8-22-25(36-22)26(30)31/h6,9-10,13-14,16,18-19,22-23,25-27,35H,1,7-8,11-12,15,17H2,2-5H3/t18-,19+,22?,23-,25?,26+,27+,29-,30+,31+/m1/s1. The Balaban J connectivity index is 1.27. The lowest BCUT2D eigenvalue weighted by molar-refractivity contribution is -0.221. The van der Waals surface area contributed by atoms with Gasteiger partial charge in [0.2, 0.25) is 0 Å². The number of aliphatic hydroxyl groups is 1. The number of pyridine rings is 1. The number of esters is 1. The van der Waals surface area contributed by atoms with Crippen molar-refractivity contribution in [3.63, 3.8) is 0 Å². The van der Waals surface area contributed by atoms with Crippen molar-refractivity contribution in [3.05, 3.63) is 42.6 Å². The Hall–Kier alpha value is -1.74. The maximum atomic E-state index is 13.5. The lowest BCUT2D eigenvalue weighted by atomic mass is 9.40. The van der Waals surface area contributed by atoms with Crippen LogP contribution < -0.4 is 0 Å². The fourth-order valence-corrected chi connectivity index (χ4v) is 10.1. The summed E-state index contributed by atoms with van der Waals surface area (Å²) in [7, 11) is 0. The minimum absolute atomic E-state index is 0.0211. The number of thiazole rings is 1. The molecule has 3 heterocycles. The Morgan fingerprint density at radius 3 is 2.77 bits per heavy atom. The number of carbonyl (C=O) groups is 1. The molecule has 8 heteroatoms. The molecular formula is C31H40N2O4S2.